The zero-order valence-corrected chi connectivity index (χ0v) is 6.12. The molecule has 2 rings (SSSR count). The zero-order chi connectivity index (χ0) is 7.84. The van der Waals surface area contributed by atoms with Crippen molar-refractivity contribution < 1.29 is 10.2 Å². The summed E-state index contributed by atoms with van der Waals surface area (Å²) in [5.41, 5.74) is 2.06. The number of aryl methyl sites for hydroxylation is 1. The summed E-state index contributed by atoms with van der Waals surface area (Å²) < 4.78 is 0. The molecule has 0 saturated carbocycles. The Balaban J connectivity index is 2.50. The van der Waals surface area contributed by atoms with Crippen LogP contribution in [0, 0.1) is 0 Å². The number of phenolic OH excluding ortho intramolecular Hbond substituents is 1. The summed E-state index contributed by atoms with van der Waals surface area (Å²) >= 11 is 0. The molecule has 0 aliphatic heterocycles. The summed E-state index contributed by atoms with van der Waals surface area (Å²) in [4.78, 5) is 0. The maximum atomic E-state index is 9.39. The van der Waals surface area contributed by atoms with Crippen LogP contribution in [0.25, 0.3) is 0 Å². The van der Waals surface area contributed by atoms with Crippen molar-refractivity contribution in [3.05, 3.63) is 29.3 Å². The fraction of sp³-hybridized carbons (Fsp3) is 0.333. The monoisotopic (exact) mass is 150 g/mol. The molecule has 0 bridgehead atoms. The predicted octanol–water partition coefficient (Wildman–Crippen LogP) is 1.37. The number of rotatable bonds is 0. The van der Waals surface area contributed by atoms with E-state index in [2.05, 4.69) is 0 Å². The van der Waals surface area contributed by atoms with E-state index in [9.17, 15) is 5.11 Å². The highest BCUT2D eigenvalue weighted by Gasteiger charge is 2.19. The maximum Gasteiger partial charge on any atom is 0.115 e. The van der Waals surface area contributed by atoms with Crippen LogP contribution in [-0.4, -0.2) is 10.2 Å². The van der Waals surface area contributed by atoms with Gasteiger partial charge < -0.3 is 10.2 Å². The van der Waals surface area contributed by atoms with Gasteiger partial charge in [-0.15, -0.1) is 0 Å². The van der Waals surface area contributed by atoms with Gasteiger partial charge in [0.15, 0.2) is 0 Å². The van der Waals surface area contributed by atoms with Crippen LogP contribution in [0.3, 0.4) is 0 Å². The summed E-state index contributed by atoms with van der Waals surface area (Å²) in [6.45, 7) is 0. The minimum absolute atomic E-state index is 0.290. The number of aromatic hydroxyl groups is 1. The molecule has 0 fully saturated rings. The van der Waals surface area contributed by atoms with Gasteiger partial charge in [-0.3, -0.25) is 0 Å². The van der Waals surface area contributed by atoms with Crippen molar-refractivity contribution in [2.75, 3.05) is 0 Å². The SMILES string of the molecule is Oc1ccc2c(c1)CC[C@H]2O. The van der Waals surface area contributed by atoms with Gasteiger partial charge in [-0.2, -0.15) is 0 Å². The number of hydrogen-bond donors (Lipinski definition) is 2. The van der Waals surface area contributed by atoms with Gasteiger partial charge >= 0.3 is 0 Å². The van der Waals surface area contributed by atoms with E-state index < -0.39 is 0 Å². The quantitative estimate of drug-likeness (QED) is 0.586. The first-order chi connectivity index (χ1) is 5.27. The van der Waals surface area contributed by atoms with Crippen LogP contribution in [0.15, 0.2) is 18.2 Å². The third kappa shape index (κ3) is 0.994. The summed E-state index contributed by atoms with van der Waals surface area (Å²) in [5, 5.41) is 18.5. The molecule has 0 heterocycles. The van der Waals surface area contributed by atoms with E-state index >= 15 is 0 Å². The normalized spacial score (nSPS) is 21.7. The maximum absolute atomic E-state index is 9.39. The lowest BCUT2D eigenvalue weighted by atomic mass is 10.1. The van der Waals surface area contributed by atoms with Gasteiger partial charge in [0, 0.05) is 0 Å². The molecule has 1 aliphatic carbocycles. The molecule has 0 unspecified atom stereocenters. The fourth-order valence-electron chi connectivity index (χ4n) is 1.58. The van der Waals surface area contributed by atoms with Gasteiger partial charge in [0.05, 0.1) is 6.10 Å². The summed E-state index contributed by atoms with van der Waals surface area (Å²) in [5.74, 6) is 0.290. The zero-order valence-electron chi connectivity index (χ0n) is 6.12. The Bertz CT molecular complexity index is 281. The van der Waals surface area contributed by atoms with E-state index in [1.165, 1.54) is 0 Å². The molecule has 58 valence electrons. The molecule has 1 aromatic rings. The molecular weight excluding hydrogens is 140 g/mol. The molecule has 1 aromatic carbocycles. The Kier molecular flexibility index (Phi) is 1.36. The van der Waals surface area contributed by atoms with Crippen LogP contribution >= 0.6 is 0 Å². The molecule has 11 heavy (non-hydrogen) atoms. The Morgan fingerprint density at radius 2 is 2.18 bits per heavy atom. The largest absolute Gasteiger partial charge is 0.508 e. The van der Waals surface area contributed by atoms with Crippen molar-refractivity contribution in [1.29, 1.82) is 0 Å². The van der Waals surface area contributed by atoms with E-state index in [4.69, 9.17) is 5.11 Å². The van der Waals surface area contributed by atoms with E-state index in [1.807, 2.05) is 0 Å². The molecule has 2 nitrogen and oxygen atoms in total. The number of fused-ring (bicyclic) bond motifs is 1. The van der Waals surface area contributed by atoms with Crippen LogP contribution in [0.4, 0.5) is 0 Å². The number of aliphatic hydroxyl groups excluding tert-OH is 1. The van der Waals surface area contributed by atoms with Crippen molar-refractivity contribution in [2.24, 2.45) is 0 Å². The lowest BCUT2D eigenvalue weighted by Gasteiger charge is -2.02. The minimum atomic E-state index is -0.314. The molecule has 0 radical (unpaired) electrons. The molecule has 0 aromatic heterocycles. The molecular formula is C9H10O2. The van der Waals surface area contributed by atoms with Crippen LogP contribution in [-0.2, 0) is 6.42 Å². The summed E-state index contributed by atoms with van der Waals surface area (Å²) in [6, 6.07) is 5.14. The van der Waals surface area contributed by atoms with E-state index in [0.717, 1.165) is 24.0 Å². The van der Waals surface area contributed by atoms with Crippen LogP contribution in [0.2, 0.25) is 0 Å². The lowest BCUT2D eigenvalue weighted by molar-refractivity contribution is 0.180. The molecule has 2 heteroatoms. The van der Waals surface area contributed by atoms with E-state index in [0.29, 0.717) is 0 Å². The predicted molar refractivity (Wildman–Crippen MR) is 41.4 cm³/mol. The molecule has 1 atom stereocenters. The number of aliphatic hydroxyl groups is 1. The minimum Gasteiger partial charge on any atom is -0.508 e. The van der Waals surface area contributed by atoms with Gasteiger partial charge in [0.1, 0.15) is 5.75 Å². The van der Waals surface area contributed by atoms with Crippen LogP contribution in [0.1, 0.15) is 23.7 Å². The third-order valence-electron chi connectivity index (χ3n) is 2.17. The molecule has 1 aliphatic rings. The van der Waals surface area contributed by atoms with Gasteiger partial charge in [-0.1, -0.05) is 6.07 Å². The Morgan fingerprint density at radius 1 is 1.36 bits per heavy atom. The smallest absolute Gasteiger partial charge is 0.115 e. The molecule has 0 amide bonds. The average molecular weight is 150 g/mol. The Labute approximate surface area is 65.1 Å². The molecule has 0 spiro atoms. The first-order valence-electron chi connectivity index (χ1n) is 3.77. The standard InChI is InChI=1S/C9H10O2/c10-7-2-3-8-6(5-7)1-4-9(8)11/h2-3,5,9-11H,1,4H2/t9-/m1/s1. The highest BCUT2D eigenvalue weighted by atomic mass is 16.3. The number of phenols is 1. The third-order valence-corrected chi connectivity index (χ3v) is 2.17. The highest BCUT2D eigenvalue weighted by molar-refractivity contribution is 5.39. The number of benzene rings is 1. The van der Waals surface area contributed by atoms with Crippen molar-refractivity contribution in [2.45, 2.75) is 18.9 Å². The van der Waals surface area contributed by atoms with Crippen molar-refractivity contribution in [3.8, 4) is 5.75 Å². The van der Waals surface area contributed by atoms with Crippen molar-refractivity contribution >= 4 is 0 Å². The van der Waals surface area contributed by atoms with E-state index in [1.54, 1.807) is 18.2 Å². The van der Waals surface area contributed by atoms with E-state index in [-0.39, 0.29) is 11.9 Å². The van der Waals surface area contributed by atoms with Gasteiger partial charge in [-0.25, -0.2) is 0 Å². The Hall–Kier alpha value is -1.02. The average Bonchev–Trinajstić information content (AvgIpc) is 2.32. The molecule has 2 N–H and O–H groups in total. The van der Waals surface area contributed by atoms with Crippen molar-refractivity contribution in [1.82, 2.24) is 0 Å². The van der Waals surface area contributed by atoms with Gasteiger partial charge in [-0.05, 0) is 36.1 Å². The second-order valence-electron chi connectivity index (χ2n) is 2.94. The van der Waals surface area contributed by atoms with Gasteiger partial charge in [0.25, 0.3) is 0 Å². The van der Waals surface area contributed by atoms with Gasteiger partial charge in [0.2, 0.25) is 0 Å². The first kappa shape index (κ1) is 6.68. The summed E-state index contributed by atoms with van der Waals surface area (Å²) in [7, 11) is 0. The van der Waals surface area contributed by atoms with Crippen LogP contribution < -0.4 is 0 Å². The van der Waals surface area contributed by atoms with Crippen LogP contribution in [0.5, 0.6) is 5.75 Å². The first-order valence-corrected chi connectivity index (χ1v) is 3.77. The Morgan fingerprint density at radius 3 is 3.00 bits per heavy atom. The lowest BCUT2D eigenvalue weighted by Crippen LogP contribution is -1.88. The second kappa shape index (κ2) is 2.24. The highest BCUT2D eigenvalue weighted by Crippen LogP contribution is 2.32. The fourth-order valence-corrected chi connectivity index (χ4v) is 1.58. The van der Waals surface area contributed by atoms with Crippen molar-refractivity contribution in [3.63, 3.8) is 0 Å². The molecule has 0 saturated heterocycles. The second-order valence-corrected chi connectivity index (χ2v) is 2.94. The summed E-state index contributed by atoms with van der Waals surface area (Å²) in [6.07, 6.45) is 1.36. The topological polar surface area (TPSA) is 40.5 Å². The number of hydrogen-bond acceptors (Lipinski definition) is 2.